The first-order valence-electron chi connectivity index (χ1n) is 43.1. The highest BCUT2D eigenvalue weighted by atomic mass is 16.4. The Hall–Kier alpha value is -12.8. The summed E-state index contributed by atoms with van der Waals surface area (Å²) in [7, 11) is 8.17. The van der Waals surface area contributed by atoms with Crippen molar-refractivity contribution in [2.45, 2.75) is 124 Å². The summed E-state index contributed by atoms with van der Waals surface area (Å²) in [6.07, 6.45) is 17.8. The fraction of sp³-hybridized carbons (Fsp3) is 0.223. The number of furan rings is 4. The summed E-state index contributed by atoms with van der Waals surface area (Å²) in [5.74, 6) is -2.63. The van der Waals surface area contributed by atoms with E-state index >= 15 is 0 Å². The van der Waals surface area contributed by atoms with E-state index in [1.165, 1.54) is 46.9 Å². The molecule has 12 nitrogen and oxygen atoms in total. The molecule has 2 aliphatic carbocycles. The van der Waals surface area contributed by atoms with Crippen molar-refractivity contribution in [1.29, 1.82) is 0 Å². The number of aromatic nitrogens is 8. The van der Waals surface area contributed by atoms with Crippen molar-refractivity contribution in [2.24, 2.45) is 28.2 Å². The highest BCUT2D eigenvalue weighted by Crippen LogP contribution is 2.43. The predicted octanol–water partition coefficient (Wildman–Crippen LogP) is 24.9. The zero-order valence-electron chi connectivity index (χ0n) is 72.7. The number of benzene rings is 8. The Bertz CT molecular complexity index is 7590. The Morgan fingerprint density at radius 1 is 0.339 bits per heavy atom. The Morgan fingerprint density at radius 2 is 0.635 bits per heavy atom. The van der Waals surface area contributed by atoms with Crippen LogP contribution in [0.25, 0.3) is 177 Å². The molecule has 2 saturated carbocycles. The first kappa shape index (κ1) is 65.7. The molecular formula is C103H94N8O4+4. The molecule has 12 heterocycles. The lowest BCUT2D eigenvalue weighted by Crippen LogP contribution is -2.31. The predicted molar refractivity (Wildman–Crippen MR) is 467 cm³/mol. The van der Waals surface area contributed by atoms with Crippen molar-refractivity contribution in [3.05, 3.63) is 288 Å². The number of nitrogens with zero attached hydrogens (tertiary/aromatic N) is 8. The van der Waals surface area contributed by atoms with Gasteiger partial charge in [-0.05, 0) is 220 Å². The minimum atomic E-state index is -2.43. The van der Waals surface area contributed by atoms with E-state index in [0.29, 0.717) is 28.4 Å². The maximum atomic E-state index is 9.10. The van der Waals surface area contributed by atoms with Crippen molar-refractivity contribution >= 4 is 132 Å². The fourth-order valence-corrected chi connectivity index (χ4v) is 17.4. The van der Waals surface area contributed by atoms with E-state index < -0.39 is 24.5 Å². The summed E-state index contributed by atoms with van der Waals surface area (Å²) >= 11 is 0. The number of rotatable bonds is 7. The van der Waals surface area contributed by atoms with Crippen LogP contribution in [-0.2, 0) is 28.2 Å². The van der Waals surface area contributed by atoms with E-state index in [9.17, 15) is 0 Å². The van der Waals surface area contributed by atoms with Gasteiger partial charge in [0.15, 0.2) is 24.8 Å². The standard InChI is InChI=1S/C28H27N2O.C27H25N2O.C25H23N2O.C23H19N2O/c1-18-14-27-23(24-15-21-10-6-7-11-25(21)29-28(24)31-27)17-22(18)26-16-20(12-13-30(26)2)19-8-4-3-5-9-19;1-17-13-26-22(23-14-20-9-5-6-10-24(20)28-27(23)30-26)16-21(17)25-15-19(11-12-29(25)2)18-7-3-4-8-18;1-15(2)17-9-10-27(4)23(13-17)19-14-20-21-12-18-7-5-6-8-22(18)26-25(21)28-24(20)11-16(19)3;1-14-8-9-25(3)21(10-14)17-13-18-19-12-16-6-4-5-7-20(16)24-23(19)26-22(18)11-15(17)2/h6-7,10-17,19H,3-5,8-9H2,1-2H3;5-6,9-16,18H,3-4,7-8H2,1-2H3;5-15H,1-4H3;4-13H,1-3H3/q4*+1/i19D;18D;1D3,15D;. The van der Waals surface area contributed by atoms with Gasteiger partial charge in [-0.25, -0.2) is 38.2 Å². The smallest absolute Gasteiger partial charge is 0.227 e. The molecular weight excluding hydrogens is 1410 g/mol. The second-order valence-corrected chi connectivity index (χ2v) is 31.7. The topological polar surface area (TPSA) is 120 Å². The van der Waals surface area contributed by atoms with E-state index in [0.717, 1.165) is 211 Å². The van der Waals surface area contributed by atoms with Gasteiger partial charge in [-0.2, -0.15) is 0 Å². The lowest BCUT2D eigenvalue weighted by atomic mass is 9.84. The maximum Gasteiger partial charge on any atom is 0.227 e. The van der Waals surface area contributed by atoms with Crippen molar-refractivity contribution in [3.63, 3.8) is 0 Å². The third-order valence-electron chi connectivity index (χ3n) is 23.8. The maximum absolute atomic E-state index is 9.10. The van der Waals surface area contributed by atoms with Gasteiger partial charge in [-0.3, -0.25) is 0 Å². The van der Waals surface area contributed by atoms with Gasteiger partial charge >= 0.3 is 0 Å². The summed E-state index contributed by atoms with van der Waals surface area (Å²) < 4.78 is 82.8. The zero-order valence-corrected chi connectivity index (χ0v) is 66.7. The van der Waals surface area contributed by atoms with Gasteiger partial charge in [0.1, 0.15) is 50.5 Å². The van der Waals surface area contributed by atoms with E-state index in [1.807, 2.05) is 116 Å². The Kier molecular flexibility index (Phi) is 16.9. The van der Waals surface area contributed by atoms with Crippen molar-refractivity contribution in [1.82, 2.24) is 19.9 Å². The fourth-order valence-electron chi connectivity index (χ4n) is 17.4. The minimum absolute atomic E-state index is 0.452. The molecule has 0 spiro atoms. The zero-order chi connectivity index (χ0) is 83.7. The van der Waals surface area contributed by atoms with Crippen molar-refractivity contribution < 1.29 is 44.2 Å². The lowest BCUT2D eigenvalue weighted by Gasteiger charge is -2.21. The van der Waals surface area contributed by atoms with Gasteiger partial charge in [-0.1, -0.05) is 119 Å². The molecule has 0 N–H and O–H groups in total. The molecule has 12 aromatic heterocycles. The van der Waals surface area contributed by atoms with Crippen LogP contribution in [-0.4, -0.2) is 19.9 Å². The van der Waals surface area contributed by atoms with Gasteiger partial charge in [0.25, 0.3) is 0 Å². The lowest BCUT2D eigenvalue weighted by molar-refractivity contribution is -0.660. The summed E-state index contributed by atoms with van der Waals surface area (Å²) in [6.45, 7) is 9.53. The number of pyridine rings is 8. The van der Waals surface area contributed by atoms with Crippen molar-refractivity contribution in [2.75, 3.05) is 0 Å². The van der Waals surface area contributed by atoms with Crippen molar-refractivity contribution in [3.8, 4) is 45.0 Å². The molecule has 8 aromatic carbocycles. The molecule has 2 fully saturated rings. The minimum Gasteiger partial charge on any atom is -0.438 e. The first-order valence-corrected chi connectivity index (χ1v) is 40.1. The average molecular weight is 1510 g/mol. The van der Waals surface area contributed by atoms with Crippen LogP contribution in [0, 0.1) is 34.6 Å². The van der Waals surface area contributed by atoms with Crippen LogP contribution in [0.5, 0.6) is 0 Å². The molecule has 0 radical (unpaired) electrons. The summed E-state index contributed by atoms with van der Waals surface area (Å²) in [5, 5.41) is 12.7. The summed E-state index contributed by atoms with van der Waals surface area (Å²) in [6, 6.07) is 74.8. The molecule has 0 saturated heterocycles. The third-order valence-corrected chi connectivity index (χ3v) is 23.8. The van der Waals surface area contributed by atoms with Crippen LogP contribution < -0.4 is 18.3 Å². The molecule has 566 valence electrons. The second kappa shape index (κ2) is 29.6. The van der Waals surface area contributed by atoms with Crippen LogP contribution in [0.1, 0.15) is 142 Å². The molecule has 22 rings (SSSR count). The van der Waals surface area contributed by atoms with Gasteiger partial charge in [0.05, 0.1) is 22.1 Å². The van der Waals surface area contributed by atoms with Gasteiger partial charge in [0, 0.05) is 144 Å². The molecule has 0 amide bonds. The van der Waals surface area contributed by atoms with Crippen LogP contribution in [0.2, 0.25) is 0 Å². The van der Waals surface area contributed by atoms with Gasteiger partial charge < -0.3 is 17.7 Å². The number of para-hydroxylation sites is 4. The van der Waals surface area contributed by atoms with Gasteiger partial charge in [-0.15, -0.1) is 0 Å². The molecule has 0 aliphatic heterocycles. The quantitative estimate of drug-likeness (QED) is 0.145. The van der Waals surface area contributed by atoms with Crippen LogP contribution in [0.3, 0.4) is 0 Å². The number of fused-ring (bicyclic) bond motifs is 16. The number of aryl methyl sites for hydroxylation is 9. The normalized spacial score (nSPS) is 15.5. The molecule has 0 bridgehead atoms. The van der Waals surface area contributed by atoms with E-state index in [4.69, 9.17) is 40.8 Å². The largest absolute Gasteiger partial charge is 0.438 e. The van der Waals surface area contributed by atoms with Crippen LogP contribution in [0.15, 0.2) is 261 Å². The summed E-state index contributed by atoms with van der Waals surface area (Å²) in [4.78, 5) is 18.9. The Balaban J connectivity index is 0.000000107. The van der Waals surface area contributed by atoms with E-state index in [-0.39, 0.29) is 0 Å². The number of hydrogen-bond acceptors (Lipinski definition) is 8. The molecule has 1 atom stereocenters. The summed E-state index contributed by atoms with van der Waals surface area (Å²) in [5.41, 5.74) is 27.1. The molecule has 12 heteroatoms. The third kappa shape index (κ3) is 13.6. The van der Waals surface area contributed by atoms with Crippen LogP contribution >= 0.6 is 0 Å². The molecule has 20 aromatic rings. The highest BCUT2D eigenvalue weighted by molar-refractivity contribution is 6.12. The van der Waals surface area contributed by atoms with Gasteiger partial charge in [0.2, 0.25) is 45.6 Å². The highest BCUT2D eigenvalue weighted by Gasteiger charge is 2.27. The molecule has 1 unspecified atom stereocenters. The monoisotopic (exact) mass is 1510 g/mol. The Labute approximate surface area is 677 Å². The van der Waals surface area contributed by atoms with E-state index in [1.54, 1.807) is 6.07 Å². The first-order chi connectivity index (χ1) is 58.2. The average Bonchev–Trinajstić information content (AvgIpc) is 1.42. The molecule has 115 heavy (non-hydrogen) atoms. The van der Waals surface area contributed by atoms with Crippen LogP contribution in [0.4, 0.5) is 0 Å². The molecule has 2 aliphatic rings. The Morgan fingerprint density at radius 3 is 0.974 bits per heavy atom. The second-order valence-electron chi connectivity index (χ2n) is 31.7. The SMILES string of the molecule is Cc1cc[n+](C)c(-c2cc3c(cc2C)oc2nc4ccccc4cc23)c1.[2H]C([2H])([2H])C([2H])(C)c1cc[n+](C)c(-c2cc3c(cc2C)oc2nc4ccccc4cc23)c1.[2H]C1(c2cc[n+](C)c(-c3cc4c(cc3C)oc3nc5ccccc5cc34)c2)CCCC1.[2H]C1(c2cc[n+](C)c(-c3cc4c(cc3C)oc3nc5ccccc5cc34)c2)CCCCC1. The van der Waals surface area contributed by atoms with E-state index in [2.05, 4.69) is 207 Å². The number of hydrogen-bond donors (Lipinski definition) is 0.